The van der Waals surface area contributed by atoms with Gasteiger partial charge in [0.15, 0.2) is 0 Å². The van der Waals surface area contributed by atoms with E-state index in [1.54, 1.807) is 0 Å². The van der Waals surface area contributed by atoms with Crippen LogP contribution in [0.15, 0.2) is 0 Å². The molecule has 1 aliphatic rings. The van der Waals surface area contributed by atoms with Crippen molar-refractivity contribution in [1.82, 2.24) is 5.32 Å². The lowest BCUT2D eigenvalue weighted by molar-refractivity contribution is -0.0796. The van der Waals surface area contributed by atoms with Crippen molar-refractivity contribution >= 4 is 14.2 Å². The smallest absolute Gasteiger partial charge is 0.404 e. The molecule has 0 aliphatic carbocycles. The van der Waals surface area contributed by atoms with Crippen molar-refractivity contribution in [2.24, 2.45) is 11.7 Å². The second kappa shape index (κ2) is 9.04. The van der Waals surface area contributed by atoms with Gasteiger partial charge < -0.3 is 20.5 Å². The summed E-state index contributed by atoms with van der Waals surface area (Å²) in [5, 5.41) is 3.67. The number of carbonyl (C=O) groups is 1. The maximum absolute atomic E-state index is 10.8. The van der Waals surface area contributed by atoms with Gasteiger partial charge >= 0.3 is 6.09 Å². The van der Waals surface area contributed by atoms with Crippen LogP contribution in [-0.4, -0.2) is 45.6 Å². The molecule has 1 saturated heterocycles. The van der Waals surface area contributed by atoms with Crippen LogP contribution in [0.5, 0.6) is 0 Å². The Morgan fingerprint density at radius 1 is 1.43 bits per heavy atom. The second-order valence-electron chi connectivity index (χ2n) is 8.63. The Hall–Kier alpha value is -0.593. The first-order valence-electron chi connectivity index (χ1n) is 8.87. The van der Waals surface area contributed by atoms with Crippen LogP contribution in [0.3, 0.4) is 0 Å². The zero-order valence-electron chi connectivity index (χ0n) is 15.6. The first-order chi connectivity index (χ1) is 10.6. The van der Waals surface area contributed by atoms with Gasteiger partial charge in [-0.25, -0.2) is 4.79 Å². The van der Waals surface area contributed by atoms with Crippen molar-refractivity contribution in [2.45, 2.75) is 76.9 Å². The number of nitrogens with one attached hydrogen (secondary N) is 1. The van der Waals surface area contributed by atoms with Gasteiger partial charge in [-0.1, -0.05) is 19.6 Å². The van der Waals surface area contributed by atoms with Crippen molar-refractivity contribution in [3.63, 3.8) is 0 Å². The van der Waals surface area contributed by atoms with Gasteiger partial charge in [0.1, 0.15) is 0 Å². The number of hydrogen-bond acceptors (Lipinski definition) is 4. The van der Waals surface area contributed by atoms with Crippen LogP contribution < -0.4 is 11.1 Å². The summed E-state index contributed by atoms with van der Waals surface area (Å²) >= 11 is 0. The lowest BCUT2D eigenvalue weighted by Crippen LogP contribution is -2.40. The molecular formula is C17H36N2O3Si. The normalized spacial score (nSPS) is 22.6. The monoisotopic (exact) mass is 344 g/mol. The minimum absolute atomic E-state index is 0.0202. The van der Waals surface area contributed by atoms with Crippen LogP contribution in [-0.2, 0) is 9.47 Å². The quantitative estimate of drug-likeness (QED) is 0.629. The third kappa shape index (κ3) is 9.99. The summed E-state index contributed by atoms with van der Waals surface area (Å²) in [5.41, 5.74) is 5.07. The number of hydrogen-bond donors (Lipinski definition) is 2. The number of nitrogens with two attached hydrogens (primary N) is 1. The van der Waals surface area contributed by atoms with Gasteiger partial charge in [-0.3, -0.25) is 0 Å². The standard InChI is InChI=1S/C17H36N2O3Si/c1-17(2)8-6-14(13-22-17)12-15(7-10-21-16(18)20)19-9-11-23(3,4)5/h14-15,19H,6-13H2,1-5H3,(H2,18,20)/t14-,15-/m1/s1. The number of rotatable bonds is 9. The molecule has 23 heavy (non-hydrogen) atoms. The molecule has 0 saturated carbocycles. The van der Waals surface area contributed by atoms with Gasteiger partial charge in [-0.05, 0) is 58.0 Å². The van der Waals surface area contributed by atoms with Crippen LogP contribution in [0, 0.1) is 5.92 Å². The molecule has 6 heteroatoms. The lowest BCUT2D eigenvalue weighted by atomic mass is 9.87. The van der Waals surface area contributed by atoms with E-state index >= 15 is 0 Å². The van der Waals surface area contributed by atoms with Gasteiger partial charge in [0.2, 0.25) is 0 Å². The average molecular weight is 345 g/mol. The van der Waals surface area contributed by atoms with Crippen LogP contribution in [0.25, 0.3) is 0 Å². The molecule has 1 amide bonds. The molecule has 5 nitrogen and oxygen atoms in total. The fraction of sp³-hybridized carbons (Fsp3) is 0.941. The fourth-order valence-electron chi connectivity index (χ4n) is 2.90. The second-order valence-corrected chi connectivity index (χ2v) is 14.3. The Labute approximate surface area is 142 Å². The highest BCUT2D eigenvalue weighted by molar-refractivity contribution is 6.76. The fourth-order valence-corrected chi connectivity index (χ4v) is 3.79. The van der Waals surface area contributed by atoms with Gasteiger partial charge in [0.05, 0.1) is 18.8 Å². The highest BCUT2D eigenvalue weighted by atomic mass is 28.3. The number of primary amides is 1. The minimum Gasteiger partial charge on any atom is -0.450 e. The predicted octanol–water partition coefficient (Wildman–Crippen LogP) is 3.36. The highest BCUT2D eigenvalue weighted by Gasteiger charge is 2.29. The Morgan fingerprint density at radius 2 is 2.13 bits per heavy atom. The molecule has 0 radical (unpaired) electrons. The molecule has 0 unspecified atom stereocenters. The summed E-state index contributed by atoms with van der Waals surface area (Å²) in [7, 11) is -1.04. The predicted molar refractivity (Wildman–Crippen MR) is 97.5 cm³/mol. The van der Waals surface area contributed by atoms with E-state index in [0.29, 0.717) is 18.6 Å². The topological polar surface area (TPSA) is 73.6 Å². The van der Waals surface area contributed by atoms with E-state index < -0.39 is 14.2 Å². The molecule has 0 spiro atoms. The van der Waals surface area contributed by atoms with E-state index in [9.17, 15) is 4.79 Å². The third-order valence-corrected chi connectivity index (χ3v) is 6.25. The summed E-state index contributed by atoms with van der Waals surface area (Å²) in [5.74, 6) is 0.584. The molecule has 2 atom stereocenters. The minimum atomic E-state index is -1.04. The molecule has 0 aromatic rings. The van der Waals surface area contributed by atoms with Crippen LogP contribution >= 0.6 is 0 Å². The summed E-state index contributed by atoms with van der Waals surface area (Å²) in [4.78, 5) is 10.8. The largest absolute Gasteiger partial charge is 0.450 e. The maximum Gasteiger partial charge on any atom is 0.404 e. The molecule has 1 aliphatic heterocycles. The van der Waals surface area contributed by atoms with E-state index in [-0.39, 0.29) is 5.60 Å². The molecule has 3 N–H and O–H groups in total. The van der Waals surface area contributed by atoms with Crippen LogP contribution in [0.2, 0.25) is 25.7 Å². The first-order valence-corrected chi connectivity index (χ1v) is 12.6. The van der Waals surface area contributed by atoms with E-state index in [0.717, 1.165) is 32.4 Å². The van der Waals surface area contributed by atoms with E-state index in [2.05, 4.69) is 38.8 Å². The first kappa shape index (κ1) is 20.5. The highest BCUT2D eigenvalue weighted by Crippen LogP contribution is 2.30. The molecule has 136 valence electrons. The van der Waals surface area contributed by atoms with Crippen molar-refractivity contribution in [2.75, 3.05) is 19.8 Å². The van der Waals surface area contributed by atoms with E-state index in [1.165, 1.54) is 12.5 Å². The average Bonchev–Trinajstić information content (AvgIpc) is 2.39. The van der Waals surface area contributed by atoms with Crippen molar-refractivity contribution in [1.29, 1.82) is 0 Å². The molecule has 0 aromatic heterocycles. The van der Waals surface area contributed by atoms with Crippen molar-refractivity contribution < 1.29 is 14.3 Å². The number of amides is 1. The number of ether oxygens (including phenoxy) is 2. The van der Waals surface area contributed by atoms with Crippen LogP contribution in [0.1, 0.15) is 39.5 Å². The van der Waals surface area contributed by atoms with E-state index in [1.807, 2.05) is 0 Å². The summed E-state index contributed by atoms with van der Waals surface area (Å²) in [6, 6.07) is 1.62. The van der Waals surface area contributed by atoms with Crippen LogP contribution in [0.4, 0.5) is 4.79 Å². The summed E-state index contributed by atoms with van der Waals surface area (Å²) in [6.07, 6.45) is 3.51. The van der Waals surface area contributed by atoms with Gasteiger partial charge in [0.25, 0.3) is 0 Å². The van der Waals surface area contributed by atoms with Gasteiger partial charge in [0, 0.05) is 14.1 Å². The Bertz CT molecular complexity index is 359. The zero-order valence-corrected chi connectivity index (χ0v) is 16.6. The third-order valence-electron chi connectivity index (χ3n) is 4.50. The van der Waals surface area contributed by atoms with Gasteiger partial charge in [-0.2, -0.15) is 0 Å². The Morgan fingerprint density at radius 3 is 2.65 bits per heavy atom. The lowest BCUT2D eigenvalue weighted by Gasteiger charge is -2.36. The zero-order chi connectivity index (χ0) is 17.5. The number of carbonyl (C=O) groups excluding carboxylic acids is 1. The van der Waals surface area contributed by atoms with Gasteiger partial charge in [-0.15, -0.1) is 0 Å². The SMILES string of the molecule is CC1(C)CC[C@H](C[C@@H](CCOC(N)=O)NCC[Si](C)(C)C)CO1. The summed E-state index contributed by atoms with van der Waals surface area (Å²) in [6.45, 7) is 13.7. The molecule has 1 fully saturated rings. The van der Waals surface area contributed by atoms with Crippen molar-refractivity contribution in [3.8, 4) is 0 Å². The van der Waals surface area contributed by atoms with Crippen molar-refractivity contribution in [3.05, 3.63) is 0 Å². The maximum atomic E-state index is 10.8. The molecular weight excluding hydrogens is 308 g/mol. The molecule has 0 aromatic carbocycles. The Balaban J connectivity index is 2.41. The molecule has 0 bridgehead atoms. The Kier molecular flexibility index (Phi) is 8.04. The summed E-state index contributed by atoms with van der Waals surface area (Å²) < 4.78 is 10.9. The van der Waals surface area contributed by atoms with E-state index in [4.69, 9.17) is 15.2 Å². The molecule has 1 heterocycles. The molecule has 1 rings (SSSR count).